The van der Waals surface area contributed by atoms with Gasteiger partial charge in [-0.25, -0.2) is 0 Å². The Hall–Kier alpha value is -2.88. The average Bonchev–Trinajstić information content (AvgIpc) is 2.55. The third-order valence-electron chi connectivity index (χ3n) is 3.77. The molecule has 0 radical (unpaired) electrons. The lowest BCUT2D eigenvalue weighted by Crippen LogP contribution is -2.44. The quantitative estimate of drug-likeness (QED) is 0.850. The molecule has 3 rings (SSSR count). The monoisotopic (exact) mass is 292 g/mol. The Labute approximate surface area is 128 Å². The van der Waals surface area contributed by atoms with Crippen LogP contribution in [0.5, 0.6) is 0 Å². The number of amides is 2. The molecule has 2 atom stereocenters. The summed E-state index contributed by atoms with van der Waals surface area (Å²) in [6.45, 7) is 0. The highest BCUT2D eigenvalue weighted by atomic mass is 16.2. The number of carbonyl (C=O) groups is 2. The van der Waals surface area contributed by atoms with E-state index in [1.165, 1.54) is 0 Å². The Kier molecular flexibility index (Phi) is 3.74. The van der Waals surface area contributed by atoms with Crippen molar-refractivity contribution in [2.75, 3.05) is 0 Å². The fourth-order valence-electron chi connectivity index (χ4n) is 2.71. The standard InChI is InChI=1S/C18H16N2O2/c19-17(21)16-14(12-7-3-1-4-8-12)11-15(20-18(16)22)13-9-5-2-6-10-13/h1-11,15-16H,(H2,19,21)(H,20,22)/t15-,16-/m1/s1. The molecule has 0 aliphatic carbocycles. The van der Waals surface area contributed by atoms with Crippen molar-refractivity contribution in [1.29, 1.82) is 0 Å². The molecule has 4 heteroatoms. The molecule has 110 valence electrons. The topological polar surface area (TPSA) is 72.2 Å². The maximum Gasteiger partial charge on any atom is 0.237 e. The van der Waals surface area contributed by atoms with Crippen LogP contribution in [0.1, 0.15) is 17.2 Å². The molecule has 2 aromatic rings. The van der Waals surface area contributed by atoms with E-state index in [1.807, 2.05) is 66.7 Å². The SMILES string of the molecule is NC(=O)[C@@H]1C(=O)N[C@@H](c2ccccc2)C=C1c1ccccc1. The summed E-state index contributed by atoms with van der Waals surface area (Å²) in [6, 6.07) is 18.8. The maximum atomic E-state index is 12.4. The molecule has 0 saturated carbocycles. The lowest BCUT2D eigenvalue weighted by atomic mass is 9.85. The number of hydrogen-bond donors (Lipinski definition) is 2. The predicted molar refractivity (Wildman–Crippen MR) is 84.4 cm³/mol. The van der Waals surface area contributed by atoms with E-state index in [0.717, 1.165) is 11.1 Å². The van der Waals surface area contributed by atoms with Gasteiger partial charge < -0.3 is 11.1 Å². The molecule has 1 heterocycles. The minimum absolute atomic E-state index is 0.264. The van der Waals surface area contributed by atoms with E-state index >= 15 is 0 Å². The van der Waals surface area contributed by atoms with Crippen LogP contribution in [0, 0.1) is 5.92 Å². The van der Waals surface area contributed by atoms with Gasteiger partial charge in [0, 0.05) is 0 Å². The molecular formula is C18H16N2O2. The highest BCUT2D eigenvalue weighted by molar-refractivity contribution is 6.11. The number of hydrogen-bond acceptors (Lipinski definition) is 2. The Morgan fingerprint density at radius 2 is 1.55 bits per heavy atom. The third kappa shape index (κ3) is 2.63. The summed E-state index contributed by atoms with van der Waals surface area (Å²) in [7, 11) is 0. The van der Waals surface area contributed by atoms with E-state index in [4.69, 9.17) is 5.73 Å². The zero-order valence-electron chi connectivity index (χ0n) is 11.9. The normalized spacial score (nSPS) is 20.9. The first-order chi connectivity index (χ1) is 10.7. The second-order valence-electron chi connectivity index (χ2n) is 5.22. The summed E-state index contributed by atoms with van der Waals surface area (Å²) < 4.78 is 0. The van der Waals surface area contributed by atoms with Crippen molar-refractivity contribution in [3.63, 3.8) is 0 Å². The molecule has 1 aliphatic rings. The fourth-order valence-corrected chi connectivity index (χ4v) is 2.71. The number of carbonyl (C=O) groups excluding carboxylic acids is 2. The fraction of sp³-hybridized carbons (Fsp3) is 0.111. The van der Waals surface area contributed by atoms with Crippen LogP contribution in [0.2, 0.25) is 0 Å². The number of rotatable bonds is 3. The van der Waals surface area contributed by atoms with Crippen LogP contribution in [0.4, 0.5) is 0 Å². The van der Waals surface area contributed by atoms with E-state index in [-0.39, 0.29) is 11.9 Å². The van der Waals surface area contributed by atoms with Gasteiger partial charge in [0.15, 0.2) is 0 Å². The van der Waals surface area contributed by atoms with Crippen LogP contribution < -0.4 is 11.1 Å². The highest BCUT2D eigenvalue weighted by Gasteiger charge is 2.35. The Morgan fingerprint density at radius 1 is 0.955 bits per heavy atom. The Morgan fingerprint density at radius 3 is 2.14 bits per heavy atom. The van der Waals surface area contributed by atoms with Crippen molar-refractivity contribution in [2.24, 2.45) is 11.7 Å². The van der Waals surface area contributed by atoms with Crippen molar-refractivity contribution >= 4 is 17.4 Å². The molecule has 0 spiro atoms. The van der Waals surface area contributed by atoms with Gasteiger partial charge in [-0.3, -0.25) is 9.59 Å². The lowest BCUT2D eigenvalue weighted by Gasteiger charge is -2.28. The summed E-state index contributed by atoms with van der Waals surface area (Å²) in [5, 5.41) is 2.85. The van der Waals surface area contributed by atoms with Crippen molar-refractivity contribution in [3.8, 4) is 0 Å². The second-order valence-corrected chi connectivity index (χ2v) is 5.22. The van der Waals surface area contributed by atoms with E-state index in [1.54, 1.807) is 0 Å². The van der Waals surface area contributed by atoms with Crippen LogP contribution in [-0.4, -0.2) is 11.8 Å². The molecular weight excluding hydrogens is 276 g/mol. The van der Waals surface area contributed by atoms with Gasteiger partial charge in [-0.2, -0.15) is 0 Å². The lowest BCUT2D eigenvalue weighted by molar-refractivity contribution is -0.131. The molecule has 3 N–H and O–H groups in total. The predicted octanol–water partition coefficient (Wildman–Crippen LogP) is 2.04. The second kappa shape index (κ2) is 5.85. The van der Waals surface area contributed by atoms with Gasteiger partial charge in [0.1, 0.15) is 5.92 Å². The zero-order chi connectivity index (χ0) is 15.5. The van der Waals surface area contributed by atoms with Gasteiger partial charge in [0.05, 0.1) is 6.04 Å². The first kappa shape index (κ1) is 14.1. The number of benzene rings is 2. The summed E-state index contributed by atoms with van der Waals surface area (Å²) >= 11 is 0. The highest BCUT2D eigenvalue weighted by Crippen LogP contribution is 2.32. The first-order valence-corrected chi connectivity index (χ1v) is 7.08. The molecule has 0 fully saturated rings. The van der Waals surface area contributed by atoms with Gasteiger partial charge in [-0.05, 0) is 16.7 Å². The van der Waals surface area contributed by atoms with Gasteiger partial charge >= 0.3 is 0 Å². The van der Waals surface area contributed by atoms with Crippen LogP contribution in [-0.2, 0) is 9.59 Å². The van der Waals surface area contributed by atoms with Crippen LogP contribution in [0.15, 0.2) is 66.7 Å². The Bertz CT molecular complexity index is 723. The molecule has 2 aromatic carbocycles. The zero-order valence-corrected chi connectivity index (χ0v) is 11.9. The van der Waals surface area contributed by atoms with E-state index < -0.39 is 11.8 Å². The number of nitrogens with two attached hydrogens (primary N) is 1. The summed E-state index contributed by atoms with van der Waals surface area (Å²) in [5.41, 5.74) is 7.89. The van der Waals surface area contributed by atoms with Crippen LogP contribution in [0.3, 0.4) is 0 Å². The van der Waals surface area contributed by atoms with Crippen molar-refractivity contribution in [2.45, 2.75) is 6.04 Å². The number of primary amides is 1. The summed E-state index contributed by atoms with van der Waals surface area (Å²) in [5.74, 6) is -1.95. The molecule has 1 aliphatic heterocycles. The Balaban J connectivity index is 2.08. The minimum atomic E-state index is -0.956. The van der Waals surface area contributed by atoms with Gasteiger partial charge in [0.2, 0.25) is 11.8 Å². The minimum Gasteiger partial charge on any atom is -0.369 e. The van der Waals surface area contributed by atoms with Gasteiger partial charge in [-0.1, -0.05) is 66.7 Å². The van der Waals surface area contributed by atoms with Crippen molar-refractivity contribution in [1.82, 2.24) is 5.32 Å². The third-order valence-corrected chi connectivity index (χ3v) is 3.77. The molecule has 2 amide bonds. The largest absolute Gasteiger partial charge is 0.369 e. The van der Waals surface area contributed by atoms with E-state index in [2.05, 4.69) is 5.32 Å². The first-order valence-electron chi connectivity index (χ1n) is 7.08. The van der Waals surface area contributed by atoms with Crippen molar-refractivity contribution in [3.05, 3.63) is 77.9 Å². The molecule has 0 saturated heterocycles. The molecule has 4 nitrogen and oxygen atoms in total. The number of nitrogens with one attached hydrogen (secondary N) is 1. The van der Waals surface area contributed by atoms with E-state index in [9.17, 15) is 9.59 Å². The van der Waals surface area contributed by atoms with Gasteiger partial charge in [0.25, 0.3) is 0 Å². The summed E-state index contributed by atoms with van der Waals surface area (Å²) in [6.07, 6.45) is 1.90. The maximum absolute atomic E-state index is 12.4. The molecule has 0 aromatic heterocycles. The summed E-state index contributed by atoms with van der Waals surface area (Å²) in [4.78, 5) is 24.1. The van der Waals surface area contributed by atoms with E-state index in [0.29, 0.717) is 5.57 Å². The van der Waals surface area contributed by atoms with Crippen molar-refractivity contribution < 1.29 is 9.59 Å². The van der Waals surface area contributed by atoms with Crippen LogP contribution >= 0.6 is 0 Å². The molecule has 0 bridgehead atoms. The smallest absolute Gasteiger partial charge is 0.237 e. The van der Waals surface area contributed by atoms with Gasteiger partial charge in [-0.15, -0.1) is 0 Å². The molecule has 22 heavy (non-hydrogen) atoms. The van der Waals surface area contributed by atoms with Crippen LogP contribution in [0.25, 0.3) is 5.57 Å². The average molecular weight is 292 g/mol. The molecule has 0 unspecified atom stereocenters.